The molecule has 0 aromatic heterocycles. The van der Waals surface area contributed by atoms with Gasteiger partial charge in [0.15, 0.2) is 0 Å². The molecule has 0 radical (unpaired) electrons. The monoisotopic (exact) mass is 293 g/mol. The van der Waals surface area contributed by atoms with Crippen LogP contribution in [-0.2, 0) is 14.3 Å². The minimum atomic E-state index is -1.42. The van der Waals surface area contributed by atoms with E-state index in [1.807, 2.05) is 0 Å². The average Bonchev–Trinajstić information content (AvgIpc) is 2.37. The molecule has 1 aliphatic heterocycles. The highest BCUT2D eigenvalue weighted by molar-refractivity contribution is 5.83. The van der Waals surface area contributed by atoms with Gasteiger partial charge in [-0.15, -0.1) is 0 Å². The SMILES string of the molecule is NC(=O)C[C@H](NC1O[C@H](CO)[C@@H](O)[C@H](O)[C@H]1N)C(=O)O. The van der Waals surface area contributed by atoms with Crippen molar-refractivity contribution in [2.24, 2.45) is 11.5 Å². The largest absolute Gasteiger partial charge is 0.480 e. The summed E-state index contributed by atoms with van der Waals surface area (Å²) < 4.78 is 5.18. The smallest absolute Gasteiger partial charge is 0.321 e. The molecule has 0 aromatic carbocycles. The van der Waals surface area contributed by atoms with Crippen molar-refractivity contribution in [3.63, 3.8) is 0 Å². The first-order chi connectivity index (χ1) is 9.27. The minimum absolute atomic E-state index is 0.496. The number of carbonyl (C=O) groups is 2. The zero-order chi connectivity index (χ0) is 15.4. The Bertz CT molecular complexity index is 365. The number of ether oxygens (including phenoxy) is 1. The number of rotatable bonds is 6. The van der Waals surface area contributed by atoms with Gasteiger partial charge in [0, 0.05) is 0 Å². The van der Waals surface area contributed by atoms with E-state index in [4.69, 9.17) is 26.4 Å². The highest BCUT2D eigenvalue weighted by Crippen LogP contribution is 2.19. The maximum Gasteiger partial charge on any atom is 0.321 e. The number of nitrogens with one attached hydrogen (secondary N) is 1. The van der Waals surface area contributed by atoms with Crippen molar-refractivity contribution < 1.29 is 34.8 Å². The lowest BCUT2D eigenvalue weighted by atomic mass is 9.96. The topological polar surface area (TPSA) is 188 Å². The summed E-state index contributed by atoms with van der Waals surface area (Å²) in [6.45, 7) is -0.587. The first-order valence-corrected chi connectivity index (χ1v) is 5.93. The number of carboxylic acids is 1. The summed E-state index contributed by atoms with van der Waals surface area (Å²) in [5.74, 6) is -2.19. The number of aliphatic hydroxyl groups is 3. The molecule has 0 saturated carbocycles. The lowest BCUT2D eigenvalue weighted by Gasteiger charge is -2.41. The van der Waals surface area contributed by atoms with Crippen LogP contribution in [-0.4, -0.2) is 75.5 Å². The van der Waals surface area contributed by atoms with E-state index in [-0.39, 0.29) is 0 Å². The molecule has 1 saturated heterocycles. The number of carbonyl (C=O) groups excluding carboxylic acids is 1. The lowest BCUT2D eigenvalue weighted by molar-refractivity contribution is -0.199. The summed E-state index contributed by atoms with van der Waals surface area (Å²) >= 11 is 0. The molecule has 10 heteroatoms. The van der Waals surface area contributed by atoms with Crippen LogP contribution in [0.25, 0.3) is 0 Å². The molecule has 1 rings (SSSR count). The Morgan fingerprint density at radius 2 is 1.90 bits per heavy atom. The van der Waals surface area contributed by atoms with Gasteiger partial charge in [0.1, 0.15) is 30.6 Å². The van der Waals surface area contributed by atoms with Crippen molar-refractivity contribution in [1.29, 1.82) is 0 Å². The van der Waals surface area contributed by atoms with Crippen LogP contribution >= 0.6 is 0 Å². The Labute approximate surface area is 114 Å². The van der Waals surface area contributed by atoms with Crippen molar-refractivity contribution >= 4 is 11.9 Å². The van der Waals surface area contributed by atoms with Crippen LogP contribution in [0.3, 0.4) is 0 Å². The van der Waals surface area contributed by atoms with Gasteiger partial charge in [-0.1, -0.05) is 0 Å². The first-order valence-electron chi connectivity index (χ1n) is 5.93. The number of aliphatic carboxylic acids is 1. The molecule has 0 bridgehead atoms. The lowest BCUT2D eigenvalue weighted by Crippen LogP contribution is -2.67. The van der Waals surface area contributed by atoms with Crippen molar-refractivity contribution in [1.82, 2.24) is 5.32 Å². The standard InChI is InChI=1S/C10H19N3O7/c11-5(15)1-3(10(18)19)13-9-6(12)8(17)7(16)4(2-14)20-9/h3-4,6-9,13-14,16-17H,1-2,12H2,(H2,11,15)(H,18,19)/t3-,4+,6+,7+,8+,9?/m0/s1. The molecule has 1 amide bonds. The van der Waals surface area contributed by atoms with Crippen molar-refractivity contribution in [3.05, 3.63) is 0 Å². The van der Waals surface area contributed by atoms with Gasteiger partial charge in [-0.05, 0) is 0 Å². The molecule has 1 unspecified atom stereocenters. The second kappa shape index (κ2) is 6.92. The molecular weight excluding hydrogens is 274 g/mol. The molecule has 1 heterocycles. The summed E-state index contributed by atoms with van der Waals surface area (Å²) in [4.78, 5) is 21.8. The number of primary amides is 1. The summed E-state index contributed by atoms with van der Waals surface area (Å²) in [5, 5.41) is 39.7. The predicted molar refractivity (Wildman–Crippen MR) is 64.1 cm³/mol. The molecule has 116 valence electrons. The van der Waals surface area contributed by atoms with E-state index < -0.39 is 61.5 Å². The summed E-state index contributed by atoms with van der Waals surface area (Å²) in [5.41, 5.74) is 10.6. The van der Waals surface area contributed by atoms with E-state index in [0.717, 1.165) is 0 Å². The Morgan fingerprint density at radius 1 is 1.30 bits per heavy atom. The molecule has 1 fully saturated rings. The maximum atomic E-state index is 11.0. The van der Waals surface area contributed by atoms with Gasteiger partial charge in [0.25, 0.3) is 0 Å². The van der Waals surface area contributed by atoms with E-state index >= 15 is 0 Å². The minimum Gasteiger partial charge on any atom is -0.480 e. The van der Waals surface area contributed by atoms with Crippen molar-refractivity contribution in [2.75, 3.05) is 6.61 Å². The van der Waals surface area contributed by atoms with Crippen LogP contribution in [0.5, 0.6) is 0 Å². The maximum absolute atomic E-state index is 11.0. The summed E-state index contributed by atoms with van der Waals surface area (Å²) in [6, 6.07) is -2.49. The van der Waals surface area contributed by atoms with Crippen LogP contribution in [0.2, 0.25) is 0 Å². The second-order valence-corrected chi connectivity index (χ2v) is 4.56. The number of hydrogen-bond donors (Lipinski definition) is 7. The number of aliphatic hydroxyl groups excluding tert-OH is 3. The number of amides is 1. The summed E-state index contributed by atoms with van der Waals surface area (Å²) in [6.07, 6.45) is -5.59. The zero-order valence-corrected chi connectivity index (χ0v) is 10.5. The van der Waals surface area contributed by atoms with E-state index in [1.165, 1.54) is 0 Å². The van der Waals surface area contributed by atoms with E-state index in [2.05, 4.69) is 5.32 Å². The fourth-order valence-corrected chi connectivity index (χ4v) is 1.90. The van der Waals surface area contributed by atoms with Gasteiger partial charge < -0.3 is 36.6 Å². The van der Waals surface area contributed by atoms with Crippen LogP contribution in [0.1, 0.15) is 6.42 Å². The molecule has 1 aliphatic rings. The zero-order valence-electron chi connectivity index (χ0n) is 10.5. The molecule has 6 atom stereocenters. The molecule has 20 heavy (non-hydrogen) atoms. The molecule has 0 aromatic rings. The molecule has 9 N–H and O–H groups in total. The van der Waals surface area contributed by atoms with Crippen molar-refractivity contribution in [3.8, 4) is 0 Å². The Balaban J connectivity index is 2.77. The highest BCUT2D eigenvalue weighted by atomic mass is 16.5. The molecule has 0 spiro atoms. The van der Waals surface area contributed by atoms with Crippen LogP contribution < -0.4 is 16.8 Å². The quantitative estimate of drug-likeness (QED) is 0.254. The normalized spacial score (nSPS) is 35.5. The van der Waals surface area contributed by atoms with E-state index in [9.17, 15) is 19.8 Å². The predicted octanol–water partition coefficient (Wildman–Crippen LogP) is -4.33. The molecule has 0 aliphatic carbocycles. The third-order valence-corrected chi connectivity index (χ3v) is 3.04. The first kappa shape index (κ1) is 16.8. The number of nitrogens with two attached hydrogens (primary N) is 2. The Morgan fingerprint density at radius 3 is 2.35 bits per heavy atom. The van der Waals surface area contributed by atoms with Gasteiger partial charge >= 0.3 is 5.97 Å². The third kappa shape index (κ3) is 3.85. The Hall–Kier alpha value is -1.30. The fraction of sp³-hybridized carbons (Fsp3) is 0.800. The van der Waals surface area contributed by atoms with E-state index in [1.54, 1.807) is 0 Å². The van der Waals surface area contributed by atoms with Crippen LogP contribution in [0.15, 0.2) is 0 Å². The van der Waals surface area contributed by atoms with Gasteiger partial charge in [-0.2, -0.15) is 0 Å². The second-order valence-electron chi connectivity index (χ2n) is 4.56. The van der Waals surface area contributed by atoms with Gasteiger partial charge in [-0.3, -0.25) is 14.9 Å². The highest BCUT2D eigenvalue weighted by Gasteiger charge is 2.43. The van der Waals surface area contributed by atoms with Crippen LogP contribution in [0.4, 0.5) is 0 Å². The Kier molecular flexibility index (Phi) is 5.80. The third-order valence-electron chi connectivity index (χ3n) is 3.04. The molecular formula is C10H19N3O7. The number of carboxylic acid groups (broad SMARTS) is 1. The number of hydrogen-bond acceptors (Lipinski definition) is 8. The van der Waals surface area contributed by atoms with Gasteiger partial charge in [0.2, 0.25) is 5.91 Å². The van der Waals surface area contributed by atoms with Gasteiger partial charge in [0.05, 0.1) is 19.1 Å². The van der Waals surface area contributed by atoms with Crippen molar-refractivity contribution in [2.45, 2.75) is 43.0 Å². The molecule has 10 nitrogen and oxygen atoms in total. The average molecular weight is 293 g/mol. The van der Waals surface area contributed by atoms with Crippen LogP contribution in [0, 0.1) is 0 Å². The van der Waals surface area contributed by atoms with Gasteiger partial charge in [-0.25, -0.2) is 0 Å². The van der Waals surface area contributed by atoms with E-state index in [0.29, 0.717) is 0 Å². The fourth-order valence-electron chi connectivity index (χ4n) is 1.90. The summed E-state index contributed by atoms with van der Waals surface area (Å²) in [7, 11) is 0.